The lowest BCUT2D eigenvalue weighted by atomic mass is 10.0. The monoisotopic (exact) mass is 200 g/mol. The van der Waals surface area contributed by atoms with E-state index in [4.69, 9.17) is 4.74 Å². The van der Waals surface area contributed by atoms with Crippen molar-refractivity contribution in [2.75, 3.05) is 12.4 Å². The Labute approximate surface area is 85.9 Å². The van der Waals surface area contributed by atoms with Gasteiger partial charge in [0.25, 0.3) is 0 Å². The Morgan fingerprint density at radius 2 is 2.15 bits per heavy atom. The van der Waals surface area contributed by atoms with Crippen LogP contribution in [0, 0.1) is 0 Å². The highest BCUT2D eigenvalue weighted by Gasteiger charge is 2.25. The van der Waals surface area contributed by atoms with Crippen LogP contribution in [0.1, 0.15) is 39.0 Å². The molecular weight excluding hydrogens is 180 g/mol. The van der Waals surface area contributed by atoms with Gasteiger partial charge in [-0.15, -0.1) is 0 Å². The number of hydrogen-bond donors (Lipinski definition) is 0. The Morgan fingerprint density at radius 1 is 1.38 bits per heavy atom. The van der Waals surface area contributed by atoms with Gasteiger partial charge in [-0.05, 0) is 25.5 Å². The molecule has 0 N–H and O–H groups in total. The Bertz CT molecular complexity index is 148. The van der Waals surface area contributed by atoms with E-state index >= 15 is 0 Å². The summed E-state index contributed by atoms with van der Waals surface area (Å²) < 4.78 is 5.64. The lowest BCUT2D eigenvalue weighted by molar-refractivity contribution is 0.212. The lowest BCUT2D eigenvalue weighted by Crippen LogP contribution is -2.27. The molecule has 0 aromatic rings. The van der Waals surface area contributed by atoms with Crippen LogP contribution < -0.4 is 0 Å². The van der Waals surface area contributed by atoms with Gasteiger partial charge in [-0.25, -0.2) is 0 Å². The van der Waals surface area contributed by atoms with Crippen LogP contribution in [0.15, 0.2) is 12.8 Å². The second-order valence-electron chi connectivity index (χ2n) is 3.94. The van der Waals surface area contributed by atoms with Crippen molar-refractivity contribution in [3.05, 3.63) is 12.8 Å². The molecule has 1 aliphatic heterocycles. The highest BCUT2D eigenvalue weighted by molar-refractivity contribution is 8.00. The van der Waals surface area contributed by atoms with Crippen LogP contribution in [0.5, 0.6) is 0 Å². The molecule has 1 unspecified atom stereocenters. The average Bonchev–Trinajstić information content (AvgIpc) is 2.09. The molecule has 0 aromatic heterocycles. The molecule has 0 aliphatic carbocycles. The highest BCUT2D eigenvalue weighted by Crippen LogP contribution is 2.34. The summed E-state index contributed by atoms with van der Waals surface area (Å²) in [4.78, 5) is 0. The van der Waals surface area contributed by atoms with Gasteiger partial charge in [-0.3, -0.25) is 0 Å². The SMILES string of the molecule is C=COCC1(C)CCCCCCS1. The molecule has 1 heterocycles. The first-order valence-corrected chi connectivity index (χ1v) is 6.12. The van der Waals surface area contributed by atoms with E-state index in [-0.39, 0.29) is 0 Å². The van der Waals surface area contributed by atoms with Crippen LogP contribution in [-0.4, -0.2) is 17.1 Å². The third-order valence-corrected chi connectivity index (χ3v) is 4.07. The van der Waals surface area contributed by atoms with Gasteiger partial charge in [-0.2, -0.15) is 11.8 Å². The van der Waals surface area contributed by atoms with Crippen molar-refractivity contribution < 1.29 is 4.74 Å². The molecule has 0 spiro atoms. The van der Waals surface area contributed by atoms with Crippen LogP contribution in [0.3, 0.4) is 0 Å². The van der Waals surface area contributed by atoms with E-state index in [2.05, 4.69) is 25.3 Å². The minimum absolute atomic E-state index is 0.328. The van der Waals surface area contributed by atoms with E-state index in [9.17, 15) is 0 Å². The summed E-state index contributed by atoms with van der Waals surface area (Å²) in [6.07, 6.45) is 8.37. The average molecular weight is 200 g/mol. The predicted molar refractivity (Wildman–Crippen MR) is 60.1 cm³/mol. The smallest absolute Gasteiger partial charge is 0.102 e. The fourth-order valence-electron chi connectivity index (χ4n) is 1.69. The third kappa shape index (κ3) is 4.08. The van der Waals surface area contributed by atoms with Crippen LogP contribution in [-0.2, 0) is 4.74 Å². The van der Waals surface area contributed by atoms with Crippen LogP contribution >= 0.6 is 11.8 Å². The van der Waals surface area contributed by atoms with Gasteiger partial charge in [-0.1, -0.05) is 25.8 Å². The number of hydrogen-bond acceptors (Lipinski definition) is 2. The summed E-state index contributed by atoms with van der Waals surface area (Å²) in [6, 6.07) is 0. The molecular formula is C11H20OS. The molecule has 1 aliphatic rings. The van der Waals surface area contributed by atoms with Gasteiger partial charge in [0.2, 0.25) is 0 Å². The van der Waals surface area contributed by atoms with Crippen molar-refractivity contribution in [1.82, 2.24) is 0 Å². The number of thioether (sulfide) groups is 1. The largest absolute Gasteiger partial charge is 0.500 e. The van der Waals surface area contributed by atoms with Crippen LogP contribution in [0.2, 0.25) is 0 Å². The Morgan fingerprint density at radius 3 is 2.92 bits per heavy atom. The molecule has 0 aromatic carbocycles. The Kier molecular flexibility index (Phi) is 4.71. The molecule has 0 saturated carbocycles. The van der Waals surface area contributed by atoms with E-state index in [1.165, 1.54) is 37.9 Å². The fourth-order valence-corrected chi connectivity index (χ4v) is 2.98. The summed E-state index contributed by atoms with van der Waals surface area (Å²) in [7, 11) is 0. The zero-order valence-corrected chi connectivity index (χ0v) is 9.37. The molecule has 1 fully saturated rings. The molecule has 1 rings (SSSR count). The maximum atomic E-state index is 5.32. The predicted octanol–water partition coefficient (Wildman–Crippen LogP) is 3.60. The molecule has 1 saturated heterocycles. The van der Waals surface area contributed by atoms with E-state index < -0.39 is 0 Å². The normalized spacial score (nSPS) is 30.2. The van der Waals surface area contributed by atoms with Crippen LogP contribution in [0.4, 0.5) is 0 Å². The van der Waals surface area contributed by atoms with E-state index in [0.717, 1.165) is 6.61 Å². The standard InChI is InChI=1S/C11H20OS/c1-3-12-10-11(2)8-6-4-5-7-9-13-11/h3H,1,4-10H2,2H3. The van der Waals surface area contributed by atoms with E-state index in [1.807, 2.05) is 0 Å². The Hall–Kier alpha value is -0.110. The van der Waals surface area contributed by atoms with Gasteiger partial charge in [0, 0.05) is 4.75 Å². The van der Waals surface area contributed by atoms with Gasteiger partial charge in [0.1, 0.15) is 6.61 Å². The number of rotatable bonds is 3. The minimum atomic E-state index is 0.328. The first-order valence-electron chi connectivity index (χ1n) is 5.13. The lowest BCUT2D eigenvalue weighted by Gasteiger charge is -2.30. The topological polar surface area (TPSA) is 9.23 Å². The van der Waals surface area contributed by atoms with Crippen molar-refractivity contribution in [2.45, 2.75) is 43.8 Å². The van der Waals surface area contributed by atoms with Gasteiger partial charge < -0.3 is 4.74 Å². The minimum Gasteiger partial charge on any atom is -0.500 e. The molecule has 1 atom stereocenters. The number of ether oxygens (including phenoxy) is 1. The summed E-state index contributed by atoms with van der Waals surface area (Å²) in [5.41, 5.74) is 0. The van der Waals surface area contributed by atoms with Gasteiger partial charge in [0.15, 0.2) is 0 Å². The quantitative estimate of drug-likeness (QED) is 0.644. The maximum Gasteiger partial charge on any atom is 0.102 e. The first-order chi connectivity index (χ1) is 6.27. The Balaban J connectivity index is 2.36. The van der Waals surface area contributed by atoms with Gasteiger partial charge >= 0.3 is 0 Å². The maximum absolute atomic E-state index is 5.32. The molecule has 13 heavy (non-hydrogen) atoms. The fraction of sp³-hybridized carbons (Fsp3) is 0.818. The molecule has 0 amide bonds. The van der Waals surface area contributed by atoms with Crippen molar-refractivity contribution in [1.29, 1.82) is 0 Å². The van der Waals surface area contributed by atoms with E-state index in [1.54, 1.807) is 6.26 Å². The summed E-state index contributed by atoms with van der Waals surface area (Å²) >= 11 is 2.07. The molecule has 2 heteroatoms. The zero-order chi connectivity index (χ0) is 9.57. The summed E-state index contributed by atoms with van der Waals surface area (Å²) in [5, 5.41) is 0. The van der Waals surface area contributed by atoms with Crippen LogP contribution in [0.25, 0.3) is 0 Å². The second kappa shape index (κ2) is 5.58. The van der Waals surface area contributed by atoms with Crippen molar-refractivity contribution in [3.8, 4) is 0 Å². The van der Waals surface area contributed by atoms with Crippen molar-refractivity contribution >= 4 is 11.8 Å². The second-order valence-corrected chi connectivity index (χ2v) is 5.62. The van der Waals surface area contributed by atoms with Crippen molar-refractivity contribution in [2.24, 2.45) is 0 Å². The summed E-state index contributed by atoms with van der Waals surface area (Å²) in [6.45, 7) is 6.72. The highest BCUT2D eigenvalue weighted by atomic mass is 32.2. The van der Waals surface area contributed by atoms with E-state index in [0.29, 0.717) is 4.75 Å². The molecule has 1 nitrogen and oxygen atoms in total. The molecule has 76 valence electrons. The third-order valence-electron chi connectivity index (χ3n) is 2.56. The first kappa shape index (κ1) is 11.0. The summed E-state index contributed by atoms with van der Waals surface area (Å²) in [5.74, 6) is 1.29. The van der Waals surface area contributed by atoms with Crippen molar-refractivity contribution in [3.63, 3.8) is 0 Å². The molecule has 0 radical (unpaired) electrons. The zero-order valence-electron chi connectivity index (χ0n) is 8.55. The molecule has 0 bridgehead atoms. The van der Waals surface area contributed by atoms with Gasteiger partial charge in [0.05, 0.1) is 6.26 Å².